The van der Waals surface area contributed by atoms with Gasteiger partial charge in [-0.05, 0) is 84.0 Å². The van der Waals surface area contributed by atoms with Crippen LogP contribution in [0.15, 0.2) is 79.1 Å². The topological polar surface area (TPSA) is 78.4 Å². The molecule has 0 fully saturated rings. The van der Waals surface area contributed by atoms with Crippen LogP contribution in [-0.4, -0.2) is 25.9 Å². The van der Waals surface area contributed by atoms with Crippen LogP contribution >= 0.6 is 0 Å². The molecule has 0 aliphatic heterocycles. The molecule has 0 radical (unpaired) electrons. The van der Waals surface area contributed by atoms with Crippen LogP contribution in [0, 0.1) is 19.8 Å². The quantitative estimate of drug-likeness (QED) is 0.207. The molecule has 0 saturated carbocycles. The van der Waals surface area contributed by atoms with Crippen LogP contribution in [0.2, 0.25) is 0 Å². The zero-order valence-electron chi connectivity index (χ0n) is 25.9. The molecule has 2 heterocycles. The standard InChI is InChI=1S/C37H44N4O2/c1-25(2)35(29-10-6-5-7-11-29)37(43)40-21-28-15-16-31(32(19-28)24-42)22-41(23-33-27(4)18-26(3)20-39-33)34-14-8-12-30-13-9-17-38-36(30)34/h5-7,9-11,13,15-20,25,34-35,42H,8,12,14,21-24H2,1-4H3,(H,40,43)/t34-,35?/m0/s1. The number of aryl methyl sites for hydroxylation is 3. The van der Waals surface area contributed by atoms with Gasteiger partial charge >= 0.3 is 0 Å². The number of benzene rings is 2. The van der Waals surface area contributed by atoms with Crippen LogP contribution in [0.4, 0.5) is 0 Å². The van der Waals surface area contributed by atoms with Gasteiger partial charge in [0.25, 0.3) is 0 Å². The Balaban J connectivity index is 1.37. The molecule has 1 aliphatic carbocycles. The maximum absolute atomic E-state index is 13.2. The van der Waals surface area contributed by atoms with Crippen molar-refractivity contribution in [1.29, 1.82) is 0 Å². The number of nitrogens with zero attached hydrogens (tertiary/aromatic N) is 3. The molecule has 2 atom stereocenters. The Hall–Kier alpha value is -3.87. The van der Waals surface area contributed by atoms with E-state index in [1.54, 1.807) is 0 Å². The van der Waals surface area contributed by atoms with Crippen molar-refractivity contribution in [1.82, 2.24) is 20.2 Å². The number of carbonyl (C=O) groups excluding carboxylic acids is 1. The van der Waals surface area contributed by atoms with Crippen molar-refractivity contribution in [2.24, 2.45) is 5.92 Å². The van der Waals surface area contributed by atoms with Gasteiger partial charge in [0.05, 0.1) is 30.0 Å². The first-order valence-electron chi connectivity index (χ1n) is 15.5. The summed E-state index contributed by atoms with van der Waals surface area (Å²) < 4.78 is 0. The Morgan fingerprint density at radius 1 is 1.00 bits per heavy atom. The highest BCUT2D eigenvalue weighted by molar-refractivity contribution is 5.83. The molecule has 5 rings (SSSR count). The molecule has 0 bridgehead atoms. The van der Waals surface area contributed by atoms with Crippen LogP contribution in [0.5, 0.6) is 0 Å². The molecule has 6 nitrogen and oxygen atoms in total. The number of rotatable bonds is 11. The first kappa shape index (κ1) is 30.6. The molecular weight excluding hydrogens is 532 g/mol. The van der Waals surface area contributed by atoms with Gasteiger partial charge in [-0.3, -0.25) is 19.7 Å². The third-order valence-corrected chi connectivity index (χ3v) is 8.67. The van der Waals surface area contributed by atoms with Crippen molar-refractivity contribution in [3.05, 3.63) is 129 Å². The second-order valence-corrected chi connectivity index (χ2v) is 12.2. The number of pyridine rings is 2. The minimum Gasteiger partial charge on any atom is -0.392 e. The monoisotopic (exact) mass is 576 g/mol. The lowest BCUT2D eigenvalue weighted by molar-refractivity contribution is -0.123. The lowest BCUT2D eigenvalue weighted by Crippen LogP contribution is -2.32. The Bertz CT molecular complexity index is 1540. The van der Waals surface area contributed by atoms with E-state index < -0.39 is 0 Å². The summed E-state index contributed by atoms with van der Waals surface area (Å²) in [6, 6.07) is 22.8. The van der Waals surface area contributed by atoms with Crippen LogP contribution in [0.1, 0.15) is 89.0 Å². The van der Waals surface area contributed by atoms with E-state index in [-0.39, 0.29) is 30.4 Å². The molecule has 2 aromatic carbocycles. The molecule has 6 heteroatoms. The normalized spacial score (nSPS) is 15.4. The minimum absolute atomic E-state index is 0.0198. The van der Waals surface area contributed by atoms with E-state index in [0.29, 0.717) is 19.6 Å². The third kappa shape index (κ3) is 7.38. The largest absolute Gasteiger partial charge is 0.392 e. The minimum atomic E-state index is -0.211. The number of aromatic nitrogens is 2. The Morgan fingerprint density at radius 3 is 2.56 bits per heavy atom. The fourth-order valence-corrected chi connectivity index (χ4v) is 6.43. The van der Waals surface area contributed by atoms with Gasteiger partial charge in [0.15, 0.2) is 0 Å². The Morgan fingerprint density at radius 2 is 1.81 bits per heavy atom. The highest BCUT2D eigenvalue weighted by Crippen LogP contribution is 2.35. The molecule has 2 N–H and O–H groups in total. The third-order valence-electron chi connectivity index (χ3n) is 8.67. The SMILES string of the molecule is Cc1cnc(CN(Cc2ccc(CNC(=O)C(c3ccccc3)C(C)C)cc2CO)[C@H]2CCCc3cccnc32)c(C)c1. The summed E-state index contributed by atoms with van der Waals surface area (Å²) in [5.41, 5.74) is 9.85. The average molecular weight is 577 g/mol. The number of fused-ring (bicyclic) bond motifs is 1. The van der Waals surface area contributed by atoms with E-state index in [9.17, 15) is 9.90 Å². The highest BCUT2D eigenvalue weighted by atomic mass is 16.3. The molecule has 0 saturated heterocycles. The van der Waals surface area contributed by atoms with Crippen LogP contribution in [0.3, 0.4) is 0 Å². The van der Waals surface area contributed by atoms with Crippen LogP contribution in [-0.2, 0) is 37.5 Å². The number of amides is 1. The molecule has 0 spiro atoms. The smallest absolute Gasteiger partial charge is 0.228 e. The summed E-state index contributed by atoms with van der Waals surface area (Å²) in [7, 11) is 0. The number of aliphatic hydroxyl groups excluding tert-OH is 1. The summed E-state index contributed by atoms with van der Waals surface area (Å²) in [6.07, 6.45) is 7.05. The number of carbonyl (C=O) groups is 1. The van der Waals surface area contributed by atoms with E-state index >= 15 is 0 Å². The number of hydrogen-bond donors (Lipinski definition) is 2. The van der Waals surface area contributed by atoms with E-state index in [1.165, 1.54) is 11.1 Å². The molecule has 224 valence electrons. The van der Waals surface area contributed by atoms with Gasteiger partial charge in [-0.25, -0.2) is 0 Å². The van der Waals surface area contributed by atoms with E-state index in [0.717, 1.165) is 58.5 Å². The van der Waals surface area contributed by atoms with Crippen LogP contribution < -0.4 is 5.32 Å². The summed E-state index contributed by atoms with van der Waals surface area (Å²) >= 11 is 0. The molecule has 1 aliphatic rings. The molecule has 1 unspecified atom stereocenters. The van der Waals surface area contributed by atoms with Crippen molar-refractivity contribution in [2.45, 2.75) is 85.2 Å². The predicted molar refractivity (Wildman–Crippen MR) is 171 cm³/mol. The second kappa shape index (κ2) is 14.1. The lowest BCUT2D eigenvalue weighted by Gasteiger charge is -2.35. The zero-order valence-corrected chi connectivity index (χ0v) is 25.9. The van der Waals surface area contributed by atoms with Crippen molar-refractivity contribution < 1.29 is 9.90 Å². The van der Waals surface area contributed by atoms with Gasteiger partial charge in [-0.2, -0.15) is 0 Å². The van der Waals surface area contributed by atoms with Gasteiger partial charge in [0.1, 0.15) is 0 Å². The van der Waals surface area contributed by atoms with Crippen molar-refractivity contribution in [3.63, 3.8) is 0 Å². The number of hydrogen-bond acceptors (Lipinski definition) is 5. The summed E-state index contributed by atoms with van der Waals surface area (Å²) in [4.78, 5) is 25.4. The van der Waals surface area contributed by atoms with Crippen molar-refractivity contribution >= 4 is 5.91 Å². The maximum atomic E-state index is 13.2. The van der Waals surface area contributed by atoms with Gasteiger partial charge in [-0.15, -0.1) is 0 Å². The van der Waals surface area contributed by atoms with E-state index in [1.807, 2.05) is 54.9 Å². The van der Waals surface area contributed by atoms with Crippen molar-refractivity contribution in [3.8, 4) is 0 Å². The molecule has 4 aromatic rings. The number of aliphatic hydroxyl groups is 1. The van der Waals surface area contributed by atoms with Gasteiger partial charge < -0.3 is 10.4 Å². The zero-order chi connectivity index (χ0) is 30.3. The van der Waals surface area contributed by atoms with Gasteiger partial charge in [0, 0.05) is 32.0 Å². The molecule has 43 heavy (non-hydrogen) atoms. The summed E-state index contributed by atoms with van der Waals surface area (Å²) in [5.74, 6) is -0.0154. The Kier molecular flexibility index (Phi) is 10.0. The average Bonchev–Trinajstić information content (AvgIpc) is 3.01. The van der Waals surface area contributed by atoms with Gasteiger partial charge in [-0.1, -0.05) is 74.5 Å². The summed E-state index contributed by atoms with van der Waals surface area (Å²) in [6.45, 7) is 10.1. The Labute approximate surface area is 256 Å². The van der Waals surface area contributed by atoms with E-state index in [2.05, 4.69) is 62.2 Å². The molecule has 2 aromatic heterocycles. The first-order chi connectivity index (χ1) is 20.8. The van der Waals surface area contributed by atoms with E-state index in [4.69, 9.17) is 9.97 Å². The van der Waals surface area contributed by atoms with Crippen LogP contribution in [0.25, 0.3) is 0 Å². The highest BCUT2D eigenvalue weighted by Gasteiger charge is 2.29. The second-order valence-electron chi connectivity index (χ2n) is 12.2. The molecule has 1 amide bonds. The predicted octanol–water partition coefficient (Wildman–Crippen LogP) is 6.72. The fourth-order valence-electron chi connectivity index (χ4n) is 6.43. The lowest BCUT2D eigenvalue weighted by atomic mass is 9.87. The number of nitrogens with one attached hydrogen (secondary N) is 1. The fraction of sp³-hybridized carbons (Fsp3) is 0.378. The maximum Gasteiger partial charge on any atom is 0.228 e. The summed E-state index contributed by atoms with van der Waals surface area (Å²) in [5, 5.41) is 13.6. The van der Waals surface area contributed by atoms with Crippen molar-refractivity contribution in [2.75, 3.05) is 0 Å². The molecular formula is C37H44N4O2. The van der Waals surface area contributed by atoms with Gasteiger partial charge in [0.2, 0.25) is 5.91 Å². The first-order valence-corrected chi connectivity index (χ1v) is 15.5.